The Morgan fingerprint density at radius 3 is 2.19 bits per heavy atom. The highest BCUT2D eigenvalue weighted by Crippen LogP contribution is 2.33. The topological polar surface area (TPSA) is 0 Å². The Bertz CT molecular complexity index is 346. The molecule has 0 spiro atoms. The number of halogens is 2. The van der Waals surface area contributed by atoms with E-state index in [1.54, 1.807) is 19.1 Å². The van der Waals surface area contributed by atoms with Crippen LogP contribution in [0.3, 0.4) is 0 Å². The average Bonchev–Trinajstić information content (AvgIpc) is 2.20. The van der Waals surface area contributed by atoms with Crippen molar-refractivity contribution in [3.8, 4) is 0 Å². The second kappa shape index (κ2) is 4.94. The van der Waals surface area contributed by atoms with Crippen molar-refractivity contribution in [1.29, 1.82) is 0 Å². The van der Waals surface area contributed by atoms with Crippen LogP contribution in [-0.2, 0) is 5.92 Å². The van der Waals surface area contributed by atoms with Crippen molar-refractivity contribution >= 4 is 0 Å². The van der Waals surface area contributed by atoms with Gasteiger partial charge in [0.05, 0.1) is 0 Å². The van der Waals surface area contributed by atoms with Gasteiger partial charge in [-0.3, -0.25) is 0 Å². The highest BCUT2D eigenvalue weighted by Gasteiger charge is 2.27. The third-order valence-electron chi connectivity index (χ3n) is 3.19. The first-order valence-corrected chi connectivity index (χ1v) is 5.89. The van der Waals surface area contributed by atoms with E-state index in [-0.39, 0.29) is 5.56 Å². The maximum absolute atomic E-state index is 13.4. The standard InChI is InChI=1S/C14H20F2/c1-5-11(6-2)12-8-7-10(3)13(9-12)14(4,15)16/h7-9,11H,5-6H2,1-4H3. The van der Waals surface area contributed by atoms with Crippen molar-refractivity contribution in [3.05, 3.63) is 34.9 Å². The van der Waals surface area contributed by atoms with Crippen LogP contribution in [0.25, 0.3) is 0 Å². The molecule has 90 valence electrons. The van der Waals surface area contributed by atoms with E-state index >= 15 is 0 Å². The van der Waals surface area contributed by atoms with Gasteiger partial charge in [-0.05, 0) is 42.9 Å². The third kappa shape index (κ3) is 2.81. The van der Waals surface area contributed by atoms with E-state index in [4.69, 9.17) is 0 Å². The molecule has 2 heteroatoms. The lowest BCUT2D eigenvalue weighted by Crippen LogP contribution is -2.10. The van der Waals surface area contributed by atoms with Gasteiger partial charge >= 0.3 is 0 Å². The SMILES string of the molecule is CCC(CC)c1ccc(C)c(C(C)(F)F)c1. The van der Waals surface area contributed by atoms with E-state index in [2.05, 4.69) is 13.8 Å². The monoisotopic (exact) mass is 226 g/mol. The van der Waals surface area contributed by atoms with E-state index in [0.29, 0.717) is 11.5 Å². The minimum Gasteiger partial charge on any atom is -0.202 e. The Balaban J connectivity index is 3.17. The summed E-state index contributed by atoms with van der Waals surface area (Å²) in [6.07, 6.45) is 1.99. The molecule has 1 aromatic carbocycles. The van der Waals surface area contributed by atoms with E-state index in [1.807, 2.05) is 6.07 Å². The Hall–Kier alpha value is -0.920. The number of hydrogen-bond donors (Lipinski definition) is 0. The first kappa shape index (κ1) is 13.1. The lowest BCUT2D eigenvalue weighted by atomic mass is 9.90. The van der Waals surface area contributed by atoms with Crippen molar-refractivity contribution < 1.29 is 8.78 Å². The van der Waals surface area contributed by atoms with Crippen LogP contribution < -0.4 is 0 Å². The summed E-state index contributed by atoms with van der Waals surface area (Å²) < 4.78 is 26.7. The molecule has 0 radical (unpaired) electrons. The number of aryl methyl sites for hydroxylation is 1. The Kier molecular flexibility index (Phi) is 4.06. The fourth-order valence-electron chi connectivity index (χ4n) is 2.13. The molecule has 0 saturated heterocycles. The zero-order chi connectivity index (χ0) is 12.3. The minimum atomic E-state index is -2.74. The van der Waals surface area contributed by atoms with Crippen LogP contribution in [0.2, 0.25) is 0 Å². The molecular formula is C14H20F2. The average molecular weight is 226 g/mol. The van der Waals surface area contributed by atoms with Crippen molar-refractivity contribution in [2.24, 2.45) is 0 Å². The maximum Gasteiger partial charge on any atom is 0.270 e. The van der Waals surface area contributed by atoms with Gasteiger partial charge in [-0.25, -0.2) is 8.78 Å². The summed E-state index contributed by atoms with van der Waals surface area (Å²) in [6.45, 7) is 6.89. The summed E-state index contributed by atoms with van der Waals surface area (Å²) in [5.41, 5.74) is 1.87. The molecule has 1 aromatic rings. The smallest absolute Gasteiger partial charge is 0.202 e. The fourth-order valence-corrected chi connectivity index (χ4v) is 2.13. The van der Waals surface area contributed by atoms with Gasteiger partial charge in [0.1, 0.15) is 0 Å². The van der Waals surface area contributed by atoms with Gasteiger partial charge < -0.3 is 0 Å². The van der Waals surface area contributed by atoms with E-state index in [0.717, 1.165) is 25.3 Å². The number of hydrogen-bond acceptors (Lipinski definition) is 0. The molecule has 0 unspecified atom stereocenters. The number of rotatable bonds is 4. The predicted molar refractivity (Wildman–Crippen MR) is 64.1 cm³/mol. The van der Waals surface area contributed by atoms with Crippen LogP contribution in [0.1, 0.15) is 56.2 Å². The molecule has 0 atom stereocenters. The van der Waals surface area contributed by atoms with Crippen LogP contribution >= 0.6 is 0 Å². The molecule has 0 N–H and O–H groups in total. The fraction of sp³-hybridized carbons (Fsp3) is 0.571. The summed E-state index contributed by atoms with van der Waals surface area (Å²) in [4.78, 5) is 0. The maximum atomic E-state index is 13.4. The Labute approximate surface area is 96.7 Å². The first-order chi connectivity index (χ1) is 7.40. The van der Waals surface area contributed by atoms with Gasteiger partial charge in [-0.2, -0.15) is 0 Å². The summed E-state index contributed by atoms with van der Waals surface area (Å²) in [5.74, 6) is -2.35. The molecule has 1 rings (SSSR count). The highest BCUT2D eigenvalue weighted by molar-refractivity contribution is 5.35. The van der Waals surface area contributed by atoms with Gasteiger partial charge in [0.2, 0.25) is 0 Å². The molecule has 0 aliphatic rings. The lowest BCUT2D eigenvalue weighted by molar-refractivity contribution is 0.0167. The van der Waals surface area contributed by atoms with Crippen molar-refractivity contribution in [2.45, 2.75) is 52.4 Å². The molecule has 0 heterocycles. The molecule has 0 amide bonds. The molecule has 0 nitrogen and oxygen atoms in total. The zero-order valence-electron chi connectivity index (χ0n) is 10.5. The van der Waals surface area contributed by atoms with Gasteiger partial charge in [0.25, 0.3) is 5.92 Å². The molecule has 0 aliphatic heterocycles. The first-order valence-electron chi connectivity index (χ1n) is 5.89. The number of alkyl halides is 2. The summed E-state index contributed by atoms with van der Waals surface area (Å²) >= 11 is 0. The summed E-state index contributed by atoms with van der Waals surface area (Å²) in [7, 11) is 0. The van der Waals surface area contributed by atoms with Crippen LogP contribution in [0.4, 0.5) is 8.78 Å². The van der Waals surface area contributed by atoms with Gasteiger partial charge in [-0.1, -0.05) is 26.0 Å². The highest BCUT2D eigenvalue weighted by atomic mass is 19.3. The normalized spacial score (nSPS) is 12.2. The van der Waals surface area contributed by atoms with Crippen molar-refractivity contribution in [1.82, 2.24) is 0 Å². The molecule has 0 aliphatic carbocycles. The molecule has 0 aromatic heterocycles. The predicted octanol–water partition coefficient (Wildman–Crippen LogP) is 5.01. The number of benzene rings is 1. The summed E-state index contributed by atoms with van der Waals surface area (Å²) in [5, 5.41) is 0. The van der Waals surface area contributed by atoms with Crippen LogP contribution in [0.5, 0.6) is 0 Å². The van der Waals surface area contributed by atoms with Crippen LogP contribution in [-0.4, -0.2) is 0 Å². The largest absolute Gasteiger partial charge is 0.270 e. The van der Waals surface area contributed by atoms with Crippen LogP contribution in [0, 0.1) is 6.92 Å². The van der Waals surface area contributed by atoms with Crippen molar-refractivity contribution in [3.63, 3.8) is 0 Å². The molecule has 0 saturated carbocycles. The van der Waals surface area contributed by atoms with E-state index in [1.165, 1.54) is 0 Å². The van der Waals surface area contributed by atoms with E-state index in [9.17, 15) is 8.78 Å². The molecule has 16 heavy (non-hydrogen) atoms. The second-order valence-electron chi connectivity index (χ2n) is 4.48. The molecular weight excluding hydrogens is 206 g/mol. The Morgan fingerprint density at radius 2 is 1.75 bits per heavy atom. The van der Waals surface area contributed by atoms with Gasteiger partial charge in [-0.15, -0.1) is 0 Å². The van der Waals surface area contributed by atoms with Gasteiger partial charge in [0.15, 0.2) is 0 Å². The van der Waals surface area contributed by atoms with E-state index < -0.39 is 5.92 Å². The quantitative estimate of drug-likeness (QED) is 0.677. The van der Waals surface area contributed by atoms with Gasteiger partial charge in [0, 0.05) is 12.5 Å². The van der Waals surface area contributed by atoms with Crippen LogP contribution in [0.15, 0.2) is 18.2 Å². The third-order valence-corrected chi connectivity index (χ3v) is 3.19. The molecule has 0 bridgehead atoms. The Morgan fingerprint density at radius 1 is 1.19 bits per heavy atom. The summed E-state index contributed by atoms with van der Waals surface area (Å²) in [6, 6.07) is 5.45. The lowest BCUT2D eigenvalue weighted by Gasteiger charge is -2.19. The molecule has 0 fully saturated rings. The minimum absolute atomic E-state index is 0.164. The van der Waals surface area contributed by atoms with Crippen molar-refractivity contribution in [2.75, 3.05) is 0 Å². The second-order valence-corrected chi connectivity index (χ2v) is 4.48. The zero-order valence-corrected chi connectivity index (χ0v) is 10.5.